The summed E-state index contributed by atoms with van der Waals surface area (Å²) < 4.78 is 0. The molecule has 1 heteroatoms. The maximum absolute atomic E-state index is 3.99. The summed E-state index contributed by atoms with van der Waals surface area (Å²) >= 11 is 0. The van der Waals surface area contributed by atoms with Gasteiger partial charge in [-0.2, -0.15) is 0 Å². The number of benzene rings is 4. The fourth-order valence-corrected chi connectivity index (χ4v) is 6.55. The van der Waals surface area contributed by atoms with Gasteiger partial charge in [0.15, 0.2) is 0 Å². The van der Waals surface area contributed by atoms with Crippen LogP contribution in [-0.2, 0) is 34.5 Å². The first kappa shape index (κ1) is 34.5. The van der Waals surface area contributed by atoms with Crippen LogP contribution in [0.1, 0.15) is 128 Å². The highest BCUT2D eigenvalue weighted by Crippen LogP contribution is 2.41. The van der Waals surface area contributed by atoms with Gasteiger partial charge in [0.1, 0.15) is 0 Å². The van der Waals surface area contributed by atoms with Crippen LogP contribution in [0.25, 0.3) is 22.3 Å². The van der Waals surface area contributed by atoms with Crippen molar-refractivity contribution >= 4 is 0 Å². The molecule has 0 spiro atoms. The predicted octanol–water partition coefficient (Wildman–Crippen LogP) is 12.7. The monoisotopic (exact) mass is 623 g/mol. The maximum Gasteiger partial charge on any atom is 0.0273 e. The maximum atomic E-state index is 3.99. The molecule has 0 fully saturated rings. The predicted molar refractivity (Wildman–Crippen MR) is 205 cm³/mol. The summed E-state index contributed by atoms with van der Waals surface area (Å²) in [5, 5.41) is 0. The SMILES string of the molecule is CC(C)(C)c1cc(Cc2cc(-c3ccccc3)c(Cc3cc(C(C)(C)C)cc(C(C)(C)C)c3-c3ccccc3)[nH]2)cc(C(C)(C)C)c1. The Bertz CT molecular complexity index is 1790. The van der Waals surface area contributed by atoms with Crippen molar-refractivity contribution < 1.29 is 0 Å². The Balaban J connectivity index is 1.70. The van der Waals surface area contributed by atoms with Crippen molar-refractivity contribution in [2.75, 3.05) is 0 Å². The topological polar surface area (TPSA) is 15.8 Å². The molecule has 1 heterocycles. The minimum absolute atomic E-state index is 0.00677. The van der Waals surface area contributed by atoms with Gasteiger partial charge in [-0.15, -0.1) is 0 Å². The molecule has 246 valence electrons. The highest BCUT2D eigenvalue weighted by Gasteiger charge is 2.27. The summed E-state index contributed by atoms with van der Waals surface area (Å²) in [6, 6.07) is 36.6. The number of aromatic amines is 1. The minimum atomic E-state index is -0.00677. The Morgan fingerprint density at radius 3 is 1.45 bits per heavy atom. The van der Waals surface area contributed by atoms with Crippen LogP contribution in [0.15, 0.2) is 97.1 Å². The Hall–Kier alpha value is -3.84. The van der Waals surface area contributed by atoms with Crippen molar-refractivity contribution in [3.8, 4) is 22.3 Å². The molecule has 0 aliphatic heterocycles. The lowest BCUT2D eigenvalue weighted by Crippen LogP contribution is -2.19. The molecular weight excluding hydrogens is 567 g/mol. The molecule has 0 saturated carbocycles. The molecule has 1 N–H and O–H groups in total. The van der Waals surface area contributed by atoms with Gasteiger partial charge in [-0.25, -0.2) is 0 Å². The van der Waals surface area contributed by atoms with E-state index >= 15 is 0 Å². The summed E-state index contributed by atoms with van der Waals surface area (Å²) in [5.41, 5.74) is 16.3. The fraction of sp³-hybridized carbons (Fsp3) is 0.391. The molecule has 5 aromatic rings. The van der Waals surface area contributed by atoms with Crippen LogP contribution >= 0.6 is 0 Å². The van der Waals surface area contributed by atoms with Gasteiger partial charge in [0, 0.05) is 29.8 Å². The van der Waals surface area contributed by atoms with E-state index in [0.29, 0.717) is 0 Å². The van der Waals surface area contributed by atoms with Crippen LogP contribution in [0.2, 0.25) is 0 Å². The molecule has 4 aromatic carbocycles. The van der Waals surface area contributed by atoms with Crippen molar-refractivity contribution in [2.45, 2.75) is 118 Å². The van der Waals surface area contributed by atoms with E-state index in [-0.39, 0.29) is 21.7 Å². The number of hydrogen-bond donors (Lipinski definition) is 1. The quantitative estimate of drug-likeness (QED) is 0.194. The van der Waals surface area contributed by atoms with Crippen LogP contribution in [0, 0.1) is 0 Å². The van der Waals surface area contributed by atoms with Crippen LogP contribution in [0.5, 0.6) is 0 Å². The lowest BCUT2D eigenvalue weighted by Gasteiger charge is -2.30. The zero-order valence-corrected chi connectivity index (χ0v) is 31.2. The van der Waals surface area contributed by atoms with Crippen molar-refractivity contribution in [3.05, 3.63) is 142 Å². The normalized spacial score (nSPS) is 12.9. The zero-order chi connectivity index (χ0) is 34.4. The van der Waals surface area contributed by atoms with Crippen molar-refractivity contribution in [1.82, 2.24) is 4.98 Å². The molecule has 0 bridgehead atoms. The van der Waals surface area contributed by atoms with Gasteiger partial charge in [0.25, 0.3) is 0 Å². The second kappa shape index (κ2) is 12.6. The molecule has 0 amide bonds. The molecule has 0 saturated heterocycles. The van der Waals surface area contributed by atoms with E-state index in [9.17, 15) is 0 Å². The Morgan fingerprint density at radius 2 is 0.957 bits per heavy atom. The number of rotatable bonds is 6. The standard InChI is InChI=1S/C46H57N/c1-43(2,3)35-23-31(24-36(28-35)44(4,5)6)25-38-30-39(32-19-15-13-16-20-32)41(47-38)27-34-26-37(45(7,8)9)29-40(46(10,11)12)42(34)33-21-17-14-18-22-33/h13-24,26,28-30,47H,25,27H2,1-12H3. The van der Waals surface area contributed by atoms with E-state index in [1.807, 2.05) is 0 Å². The molecule has 0 radical (unpaired) electrons. The molecule has 0 atom stereocenters. The van der Waals surface area contributed by atoms with Crippen LogP contribution < -0.4 is 0 Å². The number of hydrogen-bond acceptors (Lipinski definition) is 0. The third-order valence-corrected chi connectivity index (χ3v) is 9.48. The zero-order valence-electron chi connectivity index (χ0n) is 31.2. The van der Waals surface area contributed by atoms with E-state index in [2.05, 4.69) is 185 Å². The number of aromatic nitrogens is 1. The van der Waals surface area contributed by atoms with Gasteiger partial charge >= 0.3 is 0 Å². The number of H-pyrrole nitrogens is 1. The van der Waals surface area contributed by atoms with Crippen LogP contribution in [0.4, 0.5) is 0 Å². The first-order valence-electron chi connectivity index (χ1n) is 17.4. The lowest BCUT2D eigenvalue weighted by molar-refractivity contribution is 0.567. The Kier molecular flexibility index (Phi) is 9.28. The van der Waals surface area contributed by atoms with Crippen molar-refractivity contribution in [3.63, 3.8) is 0 Å². The van der Waals surface area contributed by atoms with E-state index < -0.39 is 0 Å². The highest BCUT2D eigenvalue weighted by atomic mass is 14.7. The van der Waals surface area contributed by atoms with Crippen molar-refractivity contribution in [1.29, 1.82) is 0 Å². The molecular formula is C46H57N. The Morgan fingerprint density at radius 1 is 0.468 bits per heavy atom. The minimum Gasteiger partial charge on any atom is -0.361 e. The van der Waals surface area contributed by atoms with E-state index in [4.69, 9.17) is 0 Å². The van der Waals surface area contributed by atoms with Gasteiger partial charge in [0.2, 0.25) is 0 Å². The smallest absolute Gasteiger partial charge is 0.0273 e. The average molecular weight is 624 g/mol. The third kappa shape index (κ3) is 8.01. The largest absolute Gasteiger partial charge is 0.361 e. The molecule has 0 aliphatic carbocycles. The average Bonchev–Trinajstić information content (AvgIpc) is 3.37. The molecule has 0 unspecified atom stereocenters. The van der Waals surface area contributed by atoms with Gasteiger partial charge in [-0.1, -0.05) is 174 Å². The van der Waals surface area contributed by atoms with Gasteiger partial charge in [0.05, 0.1) is 0 Å². The third-order valence-electron chi connectivity index (χ3n) is 9.48. The van der Waals surface area contributed by atoms with E-state index in [0.717, 1.165) is 12.8 Å². The first-order chi connectivity index (χ1) is 21.8. The van der Waals surface area contributed by atoms with Gasteiger partial charge < -0.3 is 4.98 Å². The summed E-state index contributed by atoms with van der Waals surface area (Å²) in [6.07, 6.45) is 1.70. The first-order valence-corrected chi connectivity index (χ1v) is 17.4. The summed E-state index contributed by atoms with van der Waals surface area (Å²) in [6.45, 7) is 28.0. The van der Waals surface area contributed by atoms with Crippen LogP contribution in [-0.4, -0.2) is 4.98 Å². The Labute approximate surface area is 285 Å². The van der Waals surface area contributed by atoms with E-state index in [1.165, 1.54) is 67.0 Å². The van der Waals surface area contributed by atoms with Gasteiger partial charge in [-0.05, 0) is 77.8 Å². The number of nitrogens with one attached hydrogen (secondary N) is 1. The molecule has 1 nitrogen and oxygen atoms in total. The van der Waals surface area contributed by atoms with E-state index in [1.54, 1.807) is 0 Å². The molecule has 0 aliphatic rings. The van der Waals surface area contributed by atoms with Crippen molar-refractivity contribution in [2.24, 2.45) is 0 Å². The molecule has 1 aromatic heterocycles. The summed E-state index contributed by atoms with van der Waals surface area (Å²) in [7, 11) is 0. The summed E-state index contributed by atoms with van der Waals surface area (Å²) in [5.74, 6) is 0. The lowest BCUT2D eigenvalue weighted by atomic mass is 9.74. The second-order valence-electron chi connectivity index (χ2n) is 17.7. The van der Waals surface area contributed by atoms with Crippen LogP contribution in [0.3, 0.4) is 0 Å². The fourth-order valence-electron chi connectivity index (χ4n) is 6.55. The highest BCUT2D eigenvalue weighted by molar-refractivity contribution is 5.75. The molecule has 5 rings (SSSR count). The van der Waals surface area contributed by atoms with Gasteiger partial charge in [-0.3, -0.25) is 0 Å². The second-order valence-corrected chi connectivity index (χ2v) is 17.7. The molecule has 47 heavy (non-hydrogen) atoms. The summed E-state index contributed by atoms with van der Waals surface area (Å²) in [4.78, 5) is 3.99.